The van der Waals surface area contributed by atoms with E-state index in [9.17, 15) is 18.3 Å². The summed E-state index contributed by atoms with van der Waals surface area (Å²) >= 11 is 0. The first-order valence-electron chi connectivity index (χ1n) is 13.9. The summed E-state index contributed by atoms with van der Waals surface area (Å²) in [6, 6.07) is 13.6. The molecule has 43 heavy (non-hydrogen) atoms. The maximum absolute atomic E-state index is 13.4. The molecular formula is C34H33N3O5S. The van der Waals surface area contributed by atoms with Gasteiger partial charge >= 0.3 is 5.97 Å². The van der Waals surface area contributed by atoms with E-state index in [0.717, 1.165) is 52.3 Å². The van der Waals surface area contributed by atoms with Gasteiger partial charge in [-0.05, 0) is 102 Å². The van der Waals surface area contributed by atoms with Gasteiger partial charge in [-0.2, -0.15) is 0 Å². The van der Waals surface area contributed by atoms with Crippen molar-refractivity contribution in [2.75, 3.05) is 7.11 Å². The van der Waals surface area contributed by atoms with E-state index in [-0.39, 0.29) is 16.2 Å². The maximum atomic E-state index is 13.4. The third-order valence-electron chi connectivity index (χ3n) is 7.36. The molecule has 0 saturated carbocycles. The molecule has 0 saturated heterocycles. The number of carboxylic acid groups (broad SMARTS) is 1. The fraction of sp³-hybridized carbons (Fsp3) is 0.176. The Bertz CT molecular complexity index is 1850. The molecule has 2 aliphatic carbocycles. The molecule has 220 valence electrons. The van der Waals surface area contributed by atoms with Crippen LogP contribution in [0.4, 0.5) is 0 Å². The molecule has 0 fully saturated rings. The average molecular weight is 596 g/mol. The van der Waals surface area contributed by atoms with Crippen molar-refractivity contribution in [2.24, 2.45) is 5.73 Å². The number of methoxy groups -OCH3 is 1. The lowest BCUT2D eigenvalue weighted by molar-refractivity contribution is 0.0696. The molecule has 8 nitrogen and oxygen atoms in total. The summed E-state index contributed by atoms with van der Waals surface area (Å²) in [5.41, 5.74) is 14.2. The molecule has 1 heterocycles. The average Bonchev–Trinajstić information content (AvgIpc) is 3.16. The van der Waals surface area contributed by atoms with Crippen molar-refractivity contribution in [3.8, 4) is 0 Å². The number of carbonyl (C=O) groups is 1. The number of nitrogens with two attached hydrogens (primary N) is 1. The van der Waals surface area contributed by atoms with Crippen LogP contribution < -0.4 is 10.5 Å². The molecule has 3 aromatic rings. The number of ether oxygens (including phenoxy) is 1. The highest BCUT2D eigenvalue weighted by Crippen LogP contribution is 2.34. The monoisotopic (exact) mass is 595 g/mol. The number of hydrogen-bond donors (Lipinski definition) is 3. The SMILES string of the molecule is COC1=CCCC=C(c2ccc3c(c2)C(c2cncc(CN)c2)=CC=C(C)C3)C=C1NS(=O)(=O)c1cccc(C(=O)O)c1. The summed E-state index contributed by atoms with van der Waals surface area (Å²) in [6.07, 6.45) is 15.7. The number of pyridine rings is 1. The molecule has 0 unspecified atom stereocenters. The highest BCUT2D eigenvalue weighted by molar-refractivity contribution is 7.89. The molecule has 1 aromatic heterocycles. The van der Waals surface area contributed by atoms with Crippen LogP contribution in [0.2, 0.25) is 0 Å². The first-order chi connectivity index (χ1) is 20.7. The van der Waals surface area contributed by atoms with Gasteiger partial charge in [0.1, 0.15) is 5.76 Å². The first kappa shape index (κ1) is 29.8. The molecule has 5 rings (SSSR count). The van der Waals surface area contributed by atoms with Crippen LogP contribution in [0.25, 0.3) is 11.1 Å². The Labute approximate surface area is 251 Å². The highest BCUT2D eigenvalue weighted by Gasteiger charge is 2.22. The molecule has 4 N–H and O–H groups in total. The summed E-state index contributed by atoms with van der Waals surface area (Å²) in [6.45, 7) is 2.50. The Balaban J connectivity index is 1.58. The molecule has 2 aromatic carbocycles. The Morgan fingerprint density at radius 2 is 1.86 bits per heavy atom. The van der Waals surface area contributed by atoms with Gasteiger partial charge in [-0.25, -0.2) is 13.2 Å². The number of carboxylic acids is 1. The third kappa shape index (κ3) is 6.69. The second-order valence-electron chi connectivity index (χ2n) is 10.4. The number of allylic oxidation sites excluding steroid dienone is 7. The standard InChI is InChI=1S/C34H33N3O5S/c1-22-10-13-30(28-15-23(19-35)20-36-21-28)31-17-25(11-12-26(31)14-22)24-6-3-4-9-33(42-2)32(18-24)37-43(40,41)29-8-5-7-27(16-29)34(38)39/h5-13,15-18,20-21,37H,3-4,14,19,35H2,1-2H3,(H,38,39). The normalized spacial score (nSPS) is 15.3. The van der Waals surface area contributed by atoms with Gasteiger partial charge in [-0.3, -0.25) is 9.71 Å². The molecule has 9 heteroatoms. The summed E-state index contributed by atoms with van der Waals surface area (Å²) in [7, 11) is -2.64. The predicted molar refractivity (Wildman–Crippen MR) is 167 cm³/mol. The van der Waals surface area contributed by atoms with Crippen LogP contribution in [0.1, 0.15) is 57.9 Å². The molecule has 0 bridgehead atoms. The van der Waals surface area contributed by atoms with E-state index < -0.39 is 16.0 Å². The topological polar surface area (TPSA) is 132 Å². The molecule has 2 aliphatic rings. The van der Waals surface area contributed by atoms with Crippen molar-refractivity contribution in [1.82, 2.24) is 9.71 Å². The summed E-state index contributed by atoms with van der Waals surface area (Å²) in [5.74, 6) is -0.833. The Kier molecular flexibility index (Phi) is 8.75. The van der Waals surface area contributed by atoms with Gasteiger partial charge in [0.25, 0.3) is 10.0 Å². The van der Waals surface area contributed by atoms with Crippen molar-refractivity contribution in [1.29, 1.82) is 0 Å². The summed E-state index contributed by atoms with van der Waals surface area (Å²) in [4.78, 5) is 15.7. The minimum Gasteiger partial charge on any atom is -0.495 e. The van der Waals surface area contributed by atoms with Crippen LogP contribution in [0.15, 0.2) is 113 Å². The van der Waals surface area contributed by atoms with E-state index in [1.807, 2.05) is 18.3 Å². The lowest BCUT2D eigenvalue weighted by Crippen LogP contribution is -2.25. The molecular weight excluding hydrogens is 562 g/mol. The van der Waals surface area contributed by atoms with Crippen molar-refractivity contribution in [2.45, 2.75) is 37.6 Å². The maximum Gasteiger partial charge on any atom is 0.335 e. The van der Waals surface area contributed by atoms with E-state index >= 15 is 0 Å². The number of nitrogens with zero attached hydrogens (tertiary/aromatic N) is 1. The summed E-state index contributed by atoms with van der Waals surface area (Å²) < 4.78 is 35.1. The fourth-order valence-electron chi connectivity index (χ4n) is 5.16. The van der Waals surface area contributed by atoms with Crippen molar-refractivity contribution >= 4 is 27.1 Å². The Morgan fingerprint density at radius 3 is 2.63 bits per heavy atom. The van der Waals surface area contributed by atoms with E-state index in [0.29, 0.717) is 18.7 Å². The van der Waals surface area contributed by atoms with Gasteiger partial charge in [0, 0.05) is 24.5 Å². The van der Waals surface area contributed by atoms with E-state index in [4.69, 9.17) is 10.5 Å². The van der Waals surface area contributed by atoms with Crippen LogP contribution in [-0.2, 0) is 27.7 Å². The Morgan fingerprint density at radius 1 is 1.05 bits per heavy atom. The second kappa shape index (κ2) is 12.6. The lowest BCUT2D eigenvalue weighted by atomic mass is 9.89. The number of aromatic carboxylic acids is 1. The third-order valence-corrected chi connectivity index (χ3v) is 8.72. The quantitative estimate of drug-likeness (QED) is 0.303. The second-order valence-corrected chi connectivity index (χ2v) is 12.1. The zero-order valence-electron chi connectivity index (χ0n) is 24.0. The largest absolute Gasteiger partial charge is 0.495 e. The van der Waals surface area contributed by atoms with Crippen LogP contribution in [0.3, 0.4) is 0 Å². The Hall–Kier alpha value is -4.73. The fourth-order valence-corrected chi connectivity index (χ4v) is 6.26. The van der Waals surface area contributed by atoms with Crippen molar-refractivity contribution in [3.05, 3.63) is 142 Å². The number of hydrogen-bond acceptors (Lipinski definition) is 6. The van der Waals surface area contributed by atoms with Crippen LogP contribution >= 0.6 is 0 Å². The molecule has 0 spiro atoms. The minimum atomic E-state index is -4.13. The van der Waals surface area contributed by atoms with Crippen molar-refractivity contribution in [3.63, 3.8) is 0 Å². The molecule has 0 atom stereocenters. The number of fused-ring (bicyclic) bond motifs is 1. The zero-order chi connectivity index (χ0) is 30.6. The van der Waals surface area contributed by atoms with Gasteiger partial charge in [-0.1, -0.05) is 42.0 Å². The number of nitrogens with one attached hydrogen (secondary N) is 1. The number of sulfonamides is 1. The van der Waals surface area contributed by atoms with Crippen LogP contribution in [-0.4, -0.2) is 31.6 Å². The van der Waals surface area contributed by atoms with Gasteiger partial charge in [0.2, 0.25) is 0 Å². The highest BCUT2D eigenvalue weighted by atomic mass is 32.2. The van der Waals surface area contributed by atoms with E-state index in [2.05, 4.69) is 53.1 Å². The number of aromatic nitrogens is 1. The zero-order valence-corrected chi connectivity index (χ0v) is 24.8. The van der Waals surface area contributed by atoms with Gasteiger partial charge in [-0.15, -0.1) is 0 Å². The van der Waals surface area contributed by atoms with Gasteiger partial charge in [0.05, 0.1) is 23.3 Å². The first-order valence-corrected chi connectivity index (χ1v) is 15.3. The predicted octanol–water partition coefficient (Wildman–Crippen LogP) is 5.74. The smallest absolute Gasteiger partial charge is 0.335 e. The molecule has 0 radical (unpaired) electrons. The summed E-state index contributed by atoms with van der Waals surface area (Å²) in [5, 5.41) is 9.36. The molecule has 0 amide bonds. The van der Waals surface area contributed by atoms with Gasteiger partial charge in [0.15, 0.2) is 0 Å². The van der Waals surface area contributed by atoms with E-state index in [1.54, 1.807) is 12.3 Å². The van der Waals surface area contributed by atoms with Crippen LogP contribution in [0.5, 0.6) is 0 Å². The van der Waals surface area contributed by atoms with Crippen molar-refractivity contribution < 1.29 is 23.1 Å². The molecule has 0 aliphatic heterocycles. The number of benzene rings is 2. The number of rotatable bonds is 8. The van der Waals surface area contributed by atoms with Gasteiger partial charge < -0.3 is 15.6 Å². The van der Waals surface area contributed by atoms with E-state index in [1.165, 1.54) is 36.4 Å². The van der Waals surface area contributed by atoms with Crippen LogP contribution in [0, 0.1) is 0 Å². The minimum absolute atomic E-state index is 0.122. The lowest BCUT2D eigenvalue weighted by Gasteiger charge is -2.19.